The van der Waals surface area contributed by atoms with Gasteiger partial charge in [0.25, 0.3) is 0 Å². The van der Waals surface area contributed by atoms with Crippen LogP contribution in [0.2, 0.25) is 0 Å². The Morgan fingerprint density at radius 1 is 0.500 bits per heavy atom. The zero-order valence-corrected chi connectivity index (χ0v) is 15.1. The molecule has 0 radical (unpaired) electrons. The van der Waals surface area contributed by atoms with Crippen LogP contribution in [0.4, 0.5) is 0 Å². The molecule has 0 heterocycles. The van der Waals surface area contributed by atoms with Gasteiger partial charge in [0.15, 0.2) is 0 Å². The van der Waals surface area contributed by atoms with Crippen molar-refractivity contribution in [2.24, 2.45) is 0 Å². The first-order chi connectivity index (χ1) is 12.8. The van der Waals surface area contributed by atoms with Gasteiger partial charge in [-0.1, -0.05) is 85.0 Å². The zero-order valence-electron chi connectivity index (χ0n) is 15.1. The third kappa shape index (κ3) is 4.42. The largest absolute Gasteiger partial charge is 0.496 e. The molecule has 2 heteroatoms. The number of hydrogen-bond donors (Lipinski definition) is 0. The molecule has 2 nitrogen and oxygen atoms in total. The summed E-state index contributed by atoms with van der Waals surface area (Å²) in [5.41, 5.74) is 4.42. The second-order valence-corrected chi connectivity index (χ2v) is 5.82. The van der Waals surface area contributed by atoms with Crippen LogP contribution in [0.3, 0.4) is 0 Å². The van der Waals surface area contributed by atoms with E-state index in [0.29, 0.717) is 0 Å². The predicted molar refractivity (Wildman–Crippen MR) is 110 cm³/mol. The molecule has 0 bridgehead atoms. The Balaban J connectivity index is 1.72. The Morgan fingerprint density at radius 3 is 1.27 bits per heavy atom. The van der Waals surface area contributed by atoms with Crippen molar-refractivity contribution in [2.75, 3.05) is 14.2 Å². The molecule has 3 aromatic rings. The first-order valence-corrected chi connectivity index (χ1v) is 8.52. The normalized spacial score (nSPS) is 11.2. The second-order valence-electron chi connectivity index (χ2n) is 5.82. The molecule has 0 aliphatic carbocycles. The van der Waals surface area contributed by atoms with Gasteiger partial charge in [0.1, 0.15) is 11.5 Å². The van der Waals surface area contributed by atoms with E-state index in [4.69, 9.17) is 9.47 Å². The monoisotopic (exact) mass is 342 g/mol. The van der Waals surface area contributed by atoms with E-state index in [9.17, 15) is 0 Å². The molecule has 0 spiro atoms. The van der Waals surface area contributed by atoms with Crippen molar-refractivity contribution in [2.45, 2.75) is 0 Å². The number of ether oxygens (including phenoxy) is 2. The summed E-state index contributed by atoms with van der Waals surface area (Å²) in [5.74, 6) is 1.75. The van der Waals surface area contributed by atoms with Crippen molar-refractivity contribution < 1.29 is 9.47 Å². The Bertz CT molecular complexity index is 829. The molecule has 0 amide bonds. The molecule has 0 N–H and O–H groups in total. The lowest BCUT2D eigenvalue weighted by atomic mass is 10.1. The van der Waals surface area contributed by atoms with Crippen LogP contribution < -0.4 is 9.47 Å². The van der Waals surface area contributed by atoms with Crippen LogP contribution >= 0.6 is 0 Å². The Hall–Kier alpha value is -3.26. The van der Waals surface area contributed by atoms with Gasteiger partial charge in [-0.3, -0.25) is 0 Å². The average molecular weight is 342 g/mol. The van der Waals surface area contributed by atoms with Gasteiger partial charge in [0.05, 0.1) is 14.2 Å². The zero-order chi connectivity index (χ0) is 18.2. The molecule has 0 aromatic heterocycles. The van der Waals surface area contributed by atoms with Gasteiger partial charge >= 0.3 is 0 Å². The molecule has 3 rings (SSSR count). The Labute approximate surface area is 155 Å². The van der Waals surface area contributed by atoms with Crippen LogP contribution in [-0.2, 0) is 0 Å². The molecular formula is C24H22O2. The quantitative estimate of drug-likeness (QED) is 0.508. The molecular weight excluding hydrogens is 320 g/mol. The van der Waals surface area contributed by atoms with Crippen molar-refractivity contribution in [3.05, 3.63) is 95.1 Å². The molecule has 26 heavy (non-hydrogen) atoms. The maximum atomic E-state index is 5.38. The van der Waals surface area contributed by atoms with E-state index in [1.54, 1.807) is 14.2 Å². The van der Waals surface area contributed by atoms with Crippen molar-refractivity contribution >= 4 is 24.3 Å². The maximum absolute atomic E-state index is 5.38. The number of hydrogen-bond acceptors (Lipinski definition) is 2. The highest BCUT2D eigenvalue weighted by Crippen LogP contribution is 2.22. The summed E-state index contributed by atoms with van der Waals surface area (Å²) in [6, 6.07) is 24.4. The molecule has 0 unspecified atom stereocenters. The van der Waals surface area contributed by atoms with Crippen LogP contribution in [-0.4, -0.2) is 14.2 Å². The van der Waals surface area contributed by atoms with Gasteiger partial charge in [-0.25, -0.2) is 0 Å². The molecule has 130 valence electrons. The Kier molecular flexibility index (Phi) is 5.89. The fourth-order valence-electron chi connectivity index (χ4n) is 2.70. The summed E-state index contributed by atoms with van der Waals surface area (Å²) < 4.78 is 10.8. The highest BCUT2D eigenvalue weighted by atomic mass is 16.5. The number of benzene rings is 3. The van der Waals surface area contributed by atoms with Crippen LogP contribution in [0.1, 0.15) is 22.3 Å². The van der Waals surface area contributed by atoms with Gasteiger partial charge < -0.3 is 9.47 Å². The lowest BCUT2D eigenvalue weighted by Crippen LogP contribution is -1.85. The first kappa shape index (κ1) is 17.6. The third-order valence-corrected chi connectivity index (χ3v) is 4.13. The van der Waals surface area contributed by atoms with Crippen molar-refractivity contribution in [1.29, 1.82) is 0 Å². The number of para-hydroxylation sites is 2. The summed E-state index contributed by atoms with van der Waals surface area (Å²) in [6.45, 7) is 0. The van der Waals surface area contributed by atoms with E-state index in [2.05, 4.69) is 48.6 Å². The van der Waals surface area contributed by atoms with Crippen molar-refractivity contribution in [3.63, 3.8) is 0 Å². The topological polar surface area (TPSA) is 18.5 Å². The van der Waals surface area contributed by atoms with Crippen LogP contribution in [0.5, 0.6) is 11.5 Å². The van der Waals surface area contributed by atoms with Crippen LogP contribution in [0.15, 0.2) is 72.8 Å². The fraction of sp³-hybridized carbons (Fsp3) is 0.0833. The predicted octanol–water partition coefficient (Wildman–Crippen LogP) is 6.04. The molecule has 0 fully saturated rings. The van der Waals surface area contributed by atoms with Gasteiger partial charge in [0, 0.05) is 11.1 Å². The summed E-state index contributed by atoms with van der Waals surface area (Å²) in [5, 5.41) is 0. The van der Waals surface area contributed by atoms with Gasteiger partial charge in [-0.2, -0.15) is 0 Å². The maximum Gasteiger partial charge on any atom is 0.126 e. The summed E-state index contributed by atoms with van der Waals surface area (Å²) in [7, 11) is 3.38. The molecule has 0 saturated carbocycles. The van der Waals surface area contributed by atoms with E-state index >= 15 is 0 Å². The molecule has 0 atom stereocenters. The summed E-state index contributed by atoms with van der Waals surface area (Å²) >= 11 is 0. The van der Waals surface area contributed by atoms with E-state index in [1.807, 2.05) is 48.5 Å². The standard InChI is InChI=1S/C24H22O2/c1-25-23-9-5-3-7-21(23)17-15-19-11-13-20(14-12-19)16-18-22-8-4-6-10-24(22)26-2/h3-18H,1-2H3/b17-15+,18-16+. The van der Waals surface area contributed by atoms with Crippen molar-refractivity contribution in [3.8, 4) is 11.5 Å². The third-order valence-electron chi connectivity index (χ3n) is 4.13. The van der Waals surface area contributed by atoms with Gasteiger partial charge in [-0.05, 0) is 23.3 Å². The SMILES string of the molecule is COc1ccccc1/C=C/c1ccc(/C=C/c2ccccc2OC)cc1. The van der Waals surface area contributed by atoms with Crippen LogP contribution in [0, 0.1) is 0 Å². The minimum atomic E-state index is 0.875. The lowest BCUT2D eigenvalue weighted by Gasteiger charge is -2.04. The van der Waals surface area contributed by atoms with Gasteiger partial charge in [0.2, 0.25) is 0 Å². The number of methoxy groups -OCH3 is 2. The van der Waals surface area contributed by atoms with E-state index in [1.165, 1.54) is 0 Å². The Morgan fingerprint density at radius 2 is 0.885 bits per heavy atom. The average Bonchev–Trinajstić information content (AvgIpc) is 2.72. The number of rotatable bonds is 6. The van der Waals surface area contributed by atoms with E-state index in [-0.39, 0.29) is 0 Å². The smallest absolute Gasteiger partial charge is 0.126 e. The summed E-state index contributed by atoms with van der Waals surface area (Å²) in [4.78, 5) is 0. The molecule has 0 aliphatic heterocycles. The van der Waals surface area contributed by atoms with Crippen LogP contribution in [0.25, 0.3) is 24.3 Å². The second kappa shape index (κ2) is 8.72. The lowest BCUT2D eigenvalue weighted by molar-refractivity contribution is 0.414. The molecule has 3 aromatic carbocycles. The van der Waals surface area contributed by atoms with Gasteiger partial charge in [-0.15, -0.1) is 0 Å². The van der Waals surface area contributed by atoms with E-state index in [0.717, 1.165) is 33.8 Å². The highest BCUT2D eigenvalue weighted by molar-refractivity contribution is 5.75. The van der Waals surface area contributed by atoms with Crippen molar-refractivity contribution in [1.82, 2.24) is 0 Å². The molecule has 0 saturated heterocycles. The highest BCUT2D eigenvalue weighted by Gasteiger charge is 1.98. The first-order valence-electron chi connectivity index (χ1n) is 8.52. The fourth-order valence-corrected chi connectivity index (χ4v) is 2.70. The molecule has 0 aliphatic rings. The summed E-state index contributed by atoms with van der Waals surface area (Å²) in [6.07, 6.45) is 8.31. The minimum absolute atomic E-state index is 0.875. The minimum Gasteiger partial charge on any atom is -0.496 e. The van der Waals surface area contributed by atoms with E-state index < -0.39 is 0 Å².